The summed E-state index contributed by atoms with van der Waals surface area (Å²) in [4.78, 5) is 10.8. The number of halogens is 1. The van der Waals surface area contributed by atoms with Gasteiger partial charge in [-0.3, -0.25) is 0 Å². The van der Waals surface area contributed by atoms with E-state index in [1.54, 1.807) is 36.4 Å². The molecule has 2 aromatic carbocycles. The highest BCUT2D eigenvalue weighted by Gasteiger charge is 2.12. The van der Waals surface area contributed by atoms with Crippen LogP contribution in [0.3, 0.4) is 0 Å². The molecule has 2 rings (SSSR count). The third kappa shape index (κ3) is 3.37. The van der Waals surface area contributed by atoms with Crippen LogP contribution in [0.4, 0.5) is 0 Å². The van der Waals surface area contributed by atoms with Gasteiger partial charge >= 0.3 is 5.97 Å². The van der Waals surface area contributed by atoms with E-state index in [0.717, 1.165) is 11.1 Å². The van der Waals surface area contributed by atoms with E-state index in [2.05, 4.69) is 6.07 Å². The van der Waals surface area contributed by atoms with Crippen LogP contribution in [0.1, 0.15) is 27.4 Å². The number of carboxylic acid groups (broad SMARTS) is 1. The molecule has 1 atom stereocenters. The van der Waals surface area contributed by atoms with Gasteiger partial charge in [-0.2, -0.15) is 5.26 Å². The van der Waals surface area contributed by atoms with Crippen molar-refractivity contribution in [2.75, 3.05) is 0 Å². The molecule has 0 radical (unpaired) electrons. The van der Waals surface area contributed by atoms with E-state index in [-0.39, 0.29) is 11.5 Å². The normalized spacial score (nSPS) is 11.6. The van der Waals surface area contributed by atoms with E-state index in [9.17, 15) is 10.1 Å². The summed E-state index contributed by atoms with van der Waals surface area (Å²) in [6.07, 6.45) is 0.540. The summed E-state index contributed by atoms with van der Waals surface area (Å²) in [5.41, 5.74) is 2.07. The predicted molar refractivity (Wildman–Crippen MR) is 76.9 cm³/mol. The Morgan fingerprint density at radius 3 is 2.25 bits per heavy atom. The summed E-state index contributed by atoms with van der Waals surface area (Å²) in [7, 11) is 0. The topological polar surface area (TPSA) is 61.1 Å². The fourth-order valence-electron chi connectivity index (χ4n) is 1.95. The van der Waals surface area contributed by atoms with Gasteiger partial charge in [0.2, 0.25) is 0 Å². The molecule has 0 amide bonds. The smallest absolute Gasteiger partial charge is 0.335 e. The molecule has 0 aliphatic heterocycles. The minimum Gasteiger partial charge on any atom is -0.478 e. The van der Waals surface area contributed by atoms with Gasteiger partial charge < -0.3 is 5.11 Å². The molecule has 0 aliphatic rings. The minimum atomic E-state index is -0.953. The second kappa shape index (κ2) is 6.23. The van der Waals surface area contributed by atoms with Crippen LogP contribution in [0.25, 0.3) is 0 Å². The third-order valence-electron chi connectivity index (χ3n) is 3.07. The lowest BCUT2D eigenvalue weighted by molar-refractivity contribution is 0.0697. The molecule has 100 valence electrons. The van der Waals surface area contributed by atoms with Crippen molar-refractivity contribution < 1.29 is 9.90 Å². The van der Waals surface area contributed by atoms with E-state index >= 15 is 0 Å². The third-order valence-corrected chi connectivity index (χ3v) is 3.32. The molecule has 0 saturated carbocycles. The molecule has 0 spiro atoms. The quantitative estimate of drug-likeness (QED) is 0.927. The molecule has 1 N–H and O–H groups in total. The average molecular weight is 286 g/mol. The molecule has 2 aromatic rings. The SMILES string of the molecule is N#CC(Cc1ccc(C(=O)O)cc1)c1ccc(Cl)cc1. The fourth-order valence-corrected chi connectivity index (χ4v) is 2.08. The summed E-state index contributed by atoms with van der Waals surface area (Å²) in [5.74, 6) is -1.23. The lowest BCUT2D eigenvalue weighted by atomic mass is 9.93. The zero-order valence-corrected chi connectivity index (χ0v) is 11.3. The van der Waals surface area contributed by atoms with Crippen LogP contribution in [-0.2, 0) is 6.42 Å². The van der Waals surface area contributed by atoms with Gasteiger partial charge in [0.1, 0.15) is 0 Å². The van der Waals surface area contributed by atoms with E-state index in [1.807, 2.05) is 12.1 Å². The Balaban J connectivity index is 2.16. The highest BCUT2D eigenvalue weighted by molar-refractivity contribution is 6.30. The monoisotopic (exact) mass is 285 g/mol. The predicted octanol–water partition coefficient (Wildman–Crippen LogP) is 3.89. The minimum absolute atomic E-state index is 0.244. The first-order valence-electron chi connectivity index (χ1n) is 6.07. The standard InChI is InChI=1S/C16H12ClNO2/c17-15-7-5-12(6-8-15)14(10-18)9-11-1-3-13(4-2-11)16(19)20/h1-8,14H,9H2,(H,19,20). The van der Waals surface area contributed by atoms with Crippen LogP contribution in [-0.4, -0.2) is 11.1 Å². The molecule has 0 aromatic heterocycles. The average Bonchev–Trinajstić information content (AvgIpc) is 2.46. The number of aromatic carboxylic acids is 1. The first kappa shape index (κ1) is 14.1. The van der Waals surface area contributed by atoms with Crippen molar-refractivity contribution in [3.8, 4) is 6.07 Å². The Hall–Kier alpha value is -2.31. The van der Waals surface area contributed by atoms with Gasteiger partial charge in [0.15, 0.2) is 0 Å². The van der Waals surface area contributed by atoms with Crippen molar-refractivity contribution in [3.63, 3.8) is 0 Å². The maximum Gasteiger partial charge on any atom is 0.335 e. The van der Waals surface area contributed by atoms with E-state index in [4.69, 9.17) is 16.7 Å². The van der Waals surface area contributed by atoms with Gasteiger partial charge in [-0.05, 0) is 41.8 Å². The molecule has 0 fully saturated rings. The van der Waals surface area contributed by atoms with Crippen LogP contribution in [0, 0.1) is 11.3 Å². The highest BCUT2D eigenvalue weighted by Crippen LogP contribution is 2.22. The zero-order valence-electron chi connectivity index (χ0n) is 10.6. The van der Waals surface area contributed by atoms with Gasteiger partial charge in [-0.1, -0.05) is 35.9 Å². The van der Waals surface area contributed by atoms with Gasteiger partial charge in [0, 0.05) is 5.02 Å². The highest BCUT2D eigenvalue weighted by atomic mass is 35.5. The molecule has 0 bridgehead atoms. The van der Waals surface area contributed by atoms with Crippen molar-refractivity contribution in [1.29, 1.82) is 5.26 Å². The zero-order chi connectivity index (χ0) is 14.5. The van der Waals surface area contributed by atoms with Crippen molar-refractivity contribution in [3.05, 3.63) is 70.2 Å². The lowest BCUT2D eigenvalue weighted by Crippen LogP contribution is -2.01. The van der Waals surface area contributed by atoms with Crippen molar-refractivity contribution in [1.82, 2.24) is 0 Å². The van der Waals surface area contributed by atoms with Gasteiger partial charge in [-0.15, -0.1) is 0 Å². The van der Waals surface area contributed by atoms with Crippen LogP contribution in [0.2, 0.25) is 5.02 Å². The number of benzene rings is 2. The summed E-state index contributed by atoms with van der Waals surface area (Å²) in [6, 6.07) is 16.0. The van der Waals surface area contributed by atoms with Gasteiger partial charge in [0.05, 0.1) is 17.6 Å². The fraction of sp³-hybridized carbons (Fsp3) is 0.125. The molecule has 1 unspecified atom stereocenters. The lowest BCUT2D eigenvalue weighted by Gasteiger charge is -2.10. The van der Waals surface area contributed by atoms with Crippen LogP contribution in [0.5, 0.6) is 0 Å². The van der Waals surface area contributed by atoms with Crippen molar-refractivity contribution >= 4 is 17.6 Å². The molecular formula is C16H12ClNO2. The first-order chi connectivity index (χ1) is 9.60. The molecule has 0 aliphatic carbocycles. The Labute approximate surface area is 122 Å². The Morgan fingerprint density at radius 2 is 1.75 bits per heavy atom. The van der Waals surface area contributed by atoms with Gasteiger partial charge in [0.25, 0.3) is 0 Å². The molecular weight excluding hydrogens is 274 g/mol. The van der Waals surface area contributed by atoms with Crippen LogP contribution < -0.4 is 0 Å². The molecule has 0 heterocycles. The number of rotatable bonds is 4. The van der Waals surface area contributed by atoms with Gasteiger partial charge in [-0.25, -0.2) is 4.79 Å². The molecule has 20 heavy (non-hydrogen) atoms. The number of nitrogens with zero attached hydrogens (tertiary/aromatic N) is 1. The molecule has 3 nitrogen and oxygen atoms in total. The largest absolute Gasteiger partial charge is 0.478 e. The Bertz CT molecular complexity index is 642. The van der Waals surface area contributed by atoms with Crippen LogP contribution in [0.15, 0.2) is 48.5 Å². The van der Waals surface area contributed by atoms with Crippen LogP contribution >= 0.6 is 11.6 Å². The number of hydrogen-bond acceptors (Lipinski definition) is 2. The number of hydrogen-bond donors (Lipinski definition) is 1. The summed E-state index contributed by atoms with van der Waals surface area (Å²) in [6.45, 7) is 0. The number of carbonyl (C=O) groups is 1. The maximum absolute atomic E-state index is 10.8. The van der Waals surface area contributed by atoms with E-state index < -0.39 is 5.97 Å². The first-order valence-corrected chi connectivity index (χ1v) is 6.45. The van der Waals surface area contributed by atoms with E-state index in [0.29, 0.717) is 11.4 Å². The maximum atomic E-state index is 10.8. The summed E-state index contributed by atoms with van der Waals surface area (Å²) >= 11 is 5.83. The van der Waals surface area contributed by atoms with Crippen molar-refractivity contribution in [2.45, 2.75) is 12.3 Å². The number of carboxylic acids is 1. The Kier molecular flexibility index (Phi) is 4.39. The Morgan fingerprint density at radius 1 is 1.15 bits per heavy atom. The second-order valence-electron chi connectivity index (χ2n) is 4.44. The molecule has 4 heteroatoms. The summed E-state index contributed by atoms with van der Waals surface area (Å²) in [5, 5.41) is 18.8. The number of nitriles is 1. The molecule has 0 saturated heterocycles. The van der Waals surface area contributed by atoms with Crippen molar-refractivity contribution in [2.24, 2.45) is 0 Å². The van der Waals surface area contributed by atoms with E-state index in [1.165, 1.54) is 0 Å². The second-order valence-corrected chi connectivity index (χ2v) is 4.88. The summed E-state index contributed by atoms with van der Waals surface area (Å²) < 4.78 is 0.